The van der Waals surface area contributed by atoms with Crippen molar-refractivity contribution in [2.45, 2.75) is 27.2 Å². The molecule has 0 atom stereocenters. The van der Waals surface area contributed by atoms with Crippen LogP contribution in [0.5, 0.6) is 11.5 Å². The maximum Gasteiger partial charge on any atom is 0.239 e. The van der Waals surface area contributed by atoms with Crippen LogP contribution in [0.3, 0.4) is 0 Å². The second-order valence-corrected chi connectivity index (χ2v) is 9.20. The van der Waals surface area contributed by atoms with E-state index in [-0.39, 0.29) is 0 Å². The van der Waals surface area contributed by atoms with Crippen LogP contribution in [-0.2, 0) is 11.2 Å². The zero-order valence-corrected chi connectivity index (χ0v) is 22.9. The summed E-state index contributed by atoms with van der Waals surface area (Å²) < 4.78 is 21.0. The van der Waals surface area contributed by atoms with Gasteiger partial charge in [0.1, 0.15) is 23.0 Å². The minimum absolute atomic E-state index is 0.547. The highest BCUT2D eigenvalue weighted by Crippen LogP contribution is 2.38. The number of aryl methyl sites for hydroxylation is 3. The molecule has 0 spiro atoms. The smallest absolute Gasteiger partial charge is 0.239 e. The summed E-state index contributed by atoms with van der Waals surface area (Å²) >= 11 is 3.01. The third kappa shape index (κ3) is 6.93. The van der Waals surface area contributed by atoms with Gasteiger partial charge in [0, 0.05) is 49.4 Å². The van der Waals surface area contributed by atoms with Crippen molar-refractivity contribution in [2.75, 3.05) is 38.4 Å². The van der Waals surface area contributed by atoms with Crippen LogP contribution in [-0.4, -0.2) is 63.4 Å². The number of nitrogens with one attached hydrogen (secondary N) is 1. The molecule has 4 rings (SSSR count). The zero-order chi connectivity index (χ0) is 25.9. The number of hydrogen-bond acceptors (Lipinski definition) is 11. The van der Waals surface area contributed by atoms with Crippen LogP contribution >= 0.6 is 23.3 Å². The molecule has 0 radical (unpaired) electrons. The Balaban J connectivity index is 0.000000840. The molecule has 3 heterocycles. The van der Waals surface area contributed by atoms with Gasteiger partial charge >= 0.3 is 0 Å². The van der Waals surface area contributed by atoms with Crippen LogP contribution in [0.15, 0.2) is 36.0 Å². The first-order valence-corrected chi connectivity index (χ1v) is 13.1. The largest absolute Gasteiger partial charge is 0.494 e. The first-order valence-electron chi connectivity index (χ1n) is 11.3. The number of anilines is 1. The van der Waals surface area contributed by atoms with Gasteiger partial charge in [-0.3, -0.25) is 9.29 Å². The van der Waals surface area contributed by atoms with Crippen molar-refractivity contribution in [2.24, 2.45) is 0 Å². The molecular formula is C24H31N7O3S2. The van der Waals surface area contributed by atoms with Crippen molar-refractivity contribution >= 4 is 29.2 Å². The predicted molar refractivity (Wildman–Crippen MR) is 144 cm³/mol. The van der Waals surface area contributed by atoms with Gasteiger partial charge in [-0.2, -0.15) is 0 Å². The highest BCUT2D eigenvalue weighted by Gasteiger charge is 2.23. The van der Waals surface area contributed by atoms with Crippen molar-refractivity contribution < 1.29 is 14.2 Å². The number of nitrogens with zero attached hydrogens (tertiary/aromatic N) is 6. The number of benzene rings is 1. The zero-order valence-electron chi connectivity index (χ0n) is 21.3. The summed E-state index contributed by atoms with van der Waals surface area (Å²) in [5.41, 5.74) is 2.67. The fourth-order valence-electron chi connectivity index (χ4n) is 3.02. The molecule has 0 unspecified atom stereocenters. The first kappa shape index (κ1) is 27.4. The summed E-state index contributed by atoms with van der Waals surface area (Å²) in [5.74, 6) is 3.99. The van der Waals surface area contributed by atoms with Gasteiger partial charge in [0.25, 0.3) is 0 Å². The van der Waals surface area contributed by atoms with E-state index in [1.807, 2.05) is 61.3 Å². The van der Waals surface area contributed by atoms with Gasteiger partial charge in [-0.05, 0) is 50.4 Å². The molecule has 0 aliphatic carbocycles. The van der Waals surface area contributed by atoms with Crippen molar-refractivity contribution in [3.05, 3.63) is 53.1 Å². The molecule has 0 fully saturated rings. The van der Waals surface area contributed by atoms with E-state index in [2.05, 4.69) is 34.6 Å². The summed E-state index contributed by atoms with van der Waals surface area (Å²) in [7, 11) is 4.93. The molecule has 4 aromatic rings. The van der Waals surface area contributed by atoms with E-state index in [0.717, 1.165) is 40.9 Å². The lowest BCUT2D eigenvalue weighted by atomic mass is 10.2. The molecule has 12 heteroatoms. The van der Waals surface area contributed by atoms with Crippen LogP contribution < -0.4 is 14.2 Å². The Morgan fingerprint density at radius 3 is 2.25 bits per heavy atom. The van der Waals surface area contributed by atoms with E-state index in [0.29, 0.717) is 29.0 Å². The third-order valence-corrected chi connectivity index (χ3v) is 6.50. The Labute approximate surface area is 219 Å². The fourth-order valence-corrected chi connectivity index (χ4v) is 4.43. The third-order valence-electron chi connectivity index (χ3n) is 4.81. The summed E-state index contributed by atoms with van der Waals surface area (Å²) in [5, 5.41) is 11.6. The monoisotopic (exact) mass is 529 g/mol. The van der Waals surface area contributed by atoms with E-state index in [1.165, 1.54) is 23.3 Å². The fraction of sp³-hybridized carbons (Fsp3) is 0.375. The second-order valence-electron chi connectivity index (χ2n) is 7.44. The topological polar surface area (TPSA) is 109 Å². The molecule has 10 nitrogen and oxygen atoms in total. The van der Waals surface area contributed by atoms with Gasteiger partial charge in [0.2, 0.25) is 5.95 Å². The first-order chi connectivity index (χ1) is 17.5. The molecular weight excluding hydrogens is 498 g/mol. The lowest BCUT2D eigenvalue weighted by molar-refractivity contribution is 0.215. The van der Waals surface area contributed by atoms with Crippen LogP contribution in [0.2, 0.25) is 0 Å². The predicted octanol–water partition coefficient (Wildman–Crippen LogP) is 4.77. The quantitative estimate of drug-likeness (QED) is 0.228. The van der Waals surface area contributed by atoms with E-state index in [9.17, 15) is 0 Å². The normalized spacial score (nSPS) is 10.5. The van der Waals surface area contributed by atoms with Gasteiger partial charge in [0.05, 0.1) is 14.2 Å². The molecule has 0 bridgehead atoms. The molecule has 1 aromatic carbocycles. The van der Waals surface area contributed by atoms with Gasteiger partial charge in [-0.1, -0.05) is 6.07 Å². The van der Waals surface area contributed by atoms with Crippen LogP contribution in [0.4, 0.5) is 5.95 Å². The van der Waals surface area contributed by atoms with E-state index in [1.54, 1.807) is 21.3 Å². The summed E-state index contributed by atoms with van der Waals surface area (Å²) in [4.78, 5) is 13.3. The van der Waals surface area contributed by atoms with Gasteiger partial charge in [-0.25, -0.2) is 15.0 Å². The highest BCUT2D eigenvalue weighted by atomic mass is 32.2. The van der Waals surface area contributed by atoms with Crippen LogP contribution in [0.25, 0.3) is 16.5 Å². The minimum Gasteiger partial charge on any atom is -0.494 e. The van der Waals surface area contributed by atoms with Crippen molar-refractivity contribution in [3.63, 3.8) is 0 Å². The molecule has 0 aliphatic heterocycles. The standard InChI is InChI=1S/C21H23N7O2S2.C3H8O/c1-13-10-22-17(23-11-13)8-9-32-27-21-26-25-19(20-24-14(2)12-31-20)28(21)18-15(29-3)6-5-7-16(18)30-4;1-3-4-2/h5-7,10-12H,8-9H2,1-4H3,(H,26,27);3H2,1-2H3. The molecule has 3 aromatic heterocycles. The second kappa shape index (κ2) is 13.8. The number of hydrogen-bond donors (Lipinski definition) is 1. The van der Waals surface area contributed by atoms with E-state index >= 15 is 0 Å². The average Bonchev–Trinajstić information content (AvgIpc) is 3.53. The van der Waals surface area contributed by atoms with Crippen molar-refractivity contribution in [1.29, 1.82) is 0 Å². The summed E-state index contributed by atoms with van der Waals surface area (Å²) in [6.07, 6.45) is 4.38. The molecule has 0 amide bonds. The number of thiazole rings is 1. The highest BCUT2D eigenvalue weighted by molar-refractivity contribution is 8.00. The lowest BCUT2D eigenvalue weighted by Crippen LogP contribution is -2.07. The number of methoxy groups -OCH3 is 3. The molecule has 0 aliphatic rings. The Bertz CT molecular complexity index is 1200. The Morgan fingerprint density at radius 2 is 1.69 bits per heavy atom. The average molecular weight is 530 g/mol. The molecule has 1 N–H and O–H groups in total. The Morgan fingerprint density at radius 1 is 1.03 bits per heavy atom. The maximum atomic E-state index is 5.63. The van der Waals surface area contributed by atoms with Crippen molar-refractivity contribution in [1.82, 2.24) is 29.7 Å². The summed E-state index contributed by atoms with van der Waals surface area (Å²) in [6, 6.07) is 5.63. The molecule has 192 valence electrons. The van der Waals surface area contributed by atoms with Crippen LogP contribution in [0.1, 0.15) is 24.0 Å². The number of ether oxygens (including phenoxy) is 3. The molecule has 0 saturated carbocycles. The Kier molecular flexibility index (Phi) is 10.5. The SMILES string of the molecule is CCOC.COc1cccc(OC)c1-n1c(NSCCc2ncc(C)cn2)nnc1-c1nc(C)cs1. The van der Waals surface area contributed by atoms with E-state index in [4.69, 9.17) is 9.47 Å². The number of aromatic nitrogens is 6. The minimum atomic E-state index is 0.547. The lowest BCUT2D eigenvalue weighted by Gasteiger charge is -2.16. The van der Waals surface area contributed by atoms with E-state index < -0.39 is 0 Å². The number of para-hydroxylation sites is 1. The van der Waals surface area contributed by atoms with Gasteiger partial charge in [0.15, 0.2) is 10.8 Å². The Hall–Kier alpha value is -3.22. The van der Waals surface area contributed by atoms with Crippen LogP contribution in [0, 0.1) is 13.8 Å². The van der Waals surface area contributed by atoms with Gasteiger partial charge < -0.3 is 14.2 Å². The summed E-state index contributed by atoms with van der Waals surface area (Å²) in [6.45, 7) is 6.70. The van der Waals surface area contributed by atoms with Gasteiger partial charge in [-0.15, -0.1) is 21.5 Å². The van der Waals surface area contributed by atoms with Crippen molar-refractivity contribution in [3.8, 4) is 28.0 Å². The molecule has 36 heavy (non-hydrogen) atoms. The maximum absolute atomic E-state index is 5.63. The molecule has 0 saturated heterocycles. The number of rotatable bonds is 10.